The van der Waals surface area contributed by atoms with Gasteiger partial charge in [-0.05, 0) is 25.0 Å². The number of piperazine rings is 1. The minimum absolute atomic E-state index is 0.00505. The van der Waals surface area contributed by atoms with Gasteiger partial charge in [-0.3, -0.25) is 19.7 Å². The molecule has 1 unspecified atom stereocenters. The van der Waals surface area contributed by atoms with Gasteiger partial charge in [0.05, 0.1) is 4.92 Å². The van der Waals surface area contributed by atoms with E-state index in [2.05, 4.69) is 0 Å². The van der Waals surface area contributed by atoms with Crippen LogP contribution in [-0.2, 0) is 9.53 Å². The van der Waals surface area contributed by atoms with Crippen molar-refractivity contribution in [3.05, 3.63) is 69.8 Å². The summed E-state index contributed by atoms with van der Waals surface area (Å²) in [4.78, 5) is 40.1. The number of carbonyl (C=O) groups is 2. The van der Waals surface area contributed by atoms with E-state index in [0.29, 0.717) is 44.0 Å². The summed E-state index contributed by atoms with van der Waals surface area (Å²) in [6.45, 7) is 2.58. The highest BCUT2D eigenvalue weighted by molar-refractivity contribution is 6.09. The van der Waals surface area contributed by atoms with Crippen LogP contribution in [0.1, 0.15) is 28.8 Å². The molecule has 4 rings (SSSR count). The number of hydrogen-bond acceptors (Lipinski definition) is 6. The third-order valence-corrected chi connectivity index (χ3v) is 5.61. The fourth-order valence-corrected chi connectivity index (χ4v) is 3.98. The van der Waals surface area contributed by atoms with Crippen molar-refractivity contribution in [2.75, 3.05) is 37.7 Å². The molecule has 0 N–H and O–H groups in total. The third-order valence-electron chi connectivity index (χ3n) is 5.61. The standard InChI is InChI=1S/C22H23N3O5/c26-21(16-5-2-1-3-6-16)17-8-9-18(19(15-17)25(28)29)23-10-12-24(13-11-23)22(27)20-7-4-14-30-20/h1-3,5-6,8-9,15,20H,4,7,10-14H2. The molecule has 0 bridgehead atoms. The summed E-state index contributed by atoms with van der Waals surface area (Å²) >= 11 is 0. The molecule has 1 atom stereocenters. The zero-order valence-electron chi connectivity index (χ0n) is 16.5. The lowest BCUT2D eigenvalue weighted by atomic mass is 10.0. The van der Waals surface area contributed by atoms with Gasteiger partial charge in [-0.2, -0.15) is 0 Å². The van der Waals surface area contributed by atoms with E-state index in [9.17, 15) is 19.7 Å². The van der Waals surface area contributed by atoms with Crippen LogP contribution in [0.4, 0.5) is 11.4 Å². The van der Waals surface area contributed by atoms with E-state index < -0.39 is 4.92 Å². The van der Waals surface area contributed by atoms with E-state index >= 15 is 0 Å². The number of ether oxygens (including phenoxy) is 1. The monoisotopic (exact) mass is 409 g/mol. The Balaban J connectivity index is 1.50. The van der Waals surface area contributed by atoms with Crippen LogP contribution in [0.25, 0.3) is 0 Å². The number of amides is 1. The van der Waals surface area contributed by atoms with Gasteiger partial charge < -0.3 is 14.5 Å². The molecule has 2 aliphatic rings. The minimum Gasteiger partial charge on any atom is -0.368 e. The molecule has 30 heavy (non-hydrogen) atoms. The Kier molecular flexibility index (Phi) is 5.76. The number of ketones is 1. The molecule has 2 aromatic rings. The number of anilines is 1. The number of nitro groups is 1. The van der Waals surface area contributed by atoms with Crippen molar-refractivity contribution >= 4 is 23.1 Å². The number of nitrogens with zero attached hydrogens (tertiary/aromatic N) is 3. The summed E-state index contributed by atoms with van der Waals surface area (Å²) in [5, 5.41) is 11.7. The van der Waals surface area contributed by atoms with E-state index in [1.807, 2.05) is 11.0 Å². The van der Waals surface area contributed by atoms with Crippen molar-refractivity contribution in [2.45, 2.75) is 18.9 Å². The molecule has 2 aromatic carbocycles. The molecule has 8 heteroatoms. The Morgan fingerprint density at radius 3 is 2.37 bits per heavy atom. The molecule has 0 aliphatic carbocycles. The van der Waals surface area contributed by atoms with E-state index in [1.54, 1.807) is 41.3 Å². The Morgan fingerprint density at radius 2 is 1.73 bits per heavy atom. The maximum absolute atomic E-state index is 12.7. The molecule has 2 aliphatic heterocycles. The first kappa shape index (κ1) is 20.0. The minimum atomic E-state index is -0.457. The molecule has 156 valence electrons. The lowest BCUT2D eigenvalue weighted by Crippen LogP contribution is -2.51. The number of benzene rings is 2. The number of hydrogen-bond donors (Lipinski definition) is 0. The average molecular weight is 409 g/mol. The van der Waals surface area contributed by atoms with Crippen molar-refractivity contribution in [1.82, 2.24) is 4.90 Å². The van der Waals surface area contributed by atoms with E-state index in [4.69, 9.17) is 4.74 Å². The second-order valence-corrected chi connectivity index (χ2v) is 7.47. The second-order valence-electron chi connectivity index (χ2n) is 7.47. The van der Waals surface area contributed by atoms with Crippen LogP contribution in [0.2, 0.25) is 0 Å². The SMILES string of the molecule is O=C(c1ccccc1)c1ccc(N2CCN(C(=O)C3CCCO3)CC2)c([N+](=O)[O-])c1. The second kappa shape index (κ2) is 8.62. The average Bonchev–Trinajstić information content (AvgIpc) is 3.33. The first-order chi connectivity index (χ1) is 14.5. The number of carbonyl (C=O) groups excluding carboxylic acids is 2. The molecule has 2 fully saturated rings. The van der Waals surface area contributed by atoms with Crippen LogP contribution in [0, 0.1) is 10.1 Å². The fourth-order valence-electron chi connectivity index (χ4n) is 3.98. The van der Waals surface area contributed by atoms with Crippen molar-refractivity contribution < 1.29 is 19.2 Å². The first-order valence-corrected chi connectivity index (χ1v) is 10.1. The summed E-state index contributed by atoms with van der Waals surface area (Å²) in [5.74, 6) is -0.248. The topological polar surface area (TPSA) is 93.0 Å². The molecular formula is C22H23N3O5. The quantitative estimate of drug-likeness (QED) is 0.428. The largest absolute Gasteiger partial charge is 0.368 e. The number of nitro benzene ring substituents is 1. The van der Waals surface area contributed by atoms with Gasteiger partial charge in [0.25, 0.3) is 11.6 Å². The fraction of sp³-hybridized carbons (Fsp3) is 0.364. The van der Waals surface area contributed by atoms with Crippen LogP contribution in [0.3, 0.4) is 0 Å². The summed E-state index contributed by atoms with van der Waals surface area (Å²) < 4.78 is 5.48. The van der Waals surface area contributed by atoms with Crippen molar-refractivity contribution in [3.8, 4) is 0 Å². The van der Waals surface area contributed by atoms with Gasteiger partial charge in [-0.15, -0.1) is 0 Å². The predicted octanol–water partition coefficient (Wildman–Crippen LogP) is 2.65. The molecule has 8 nitrogen and oxygen atoms in total. The van der Waals surface area contributed by atoms with Crippen LogP contribution in [0.15, 0.2) is 48.5 Å². The van der Waals surface area contributed by atoms with Crippen LogP contribution >= 0.6 is 0 Å². The van der Waals surface area contributed by atoms with Gasteiger partial charge in [0.1, 0.15) is 11.8 Å². The van der Waals surface area contributed by atoms with Crippen LogP contribution < -0.4 is 4.90 Å². The predicted molar refractivity (Wildman–Crippen MR) is 111 cm³/mol. The summed E-state index contributed by atoms with van der Waals surface area (Å²) in [6.07, 6.45) is 1.30. The smallest absolute Gasteiger partial charge is 0.293 e. The zero-order valence-corrected chi connectivity index (χ0v) is 16.5. The zero-order chi connectivity index (χ0) is 21.1. The van der Waals surface area contributed by atoms with Gasteiger partial charge >= 0.3 is 0 Å². The highest BCUT2D eigenvalue weighted by Crippen LogP contribution is 2.31. The van der Waals surface area contributed by atoms with Gasteiger partial charge in [0, 0.05) is 50.0 Å². The van der Waals surface area contributed by atoms with Gasteiger partial charge in [-0.25, -0.2) is 0 Å². The maximum Gasteiger partial charge on any atom is 0.293 e. The molecule has 1 amide bonds. The number of rotatable bonds is 5. The lowest BCUT2D eigenvalue weighted by Gasteiger charge is -2.36. The molecule has 0 saturated carbocycles. The van der Waals surface area contributed by atoms with Gasteiger partial charge in [0.2, 0.25) is 0 Å². The summed E-state index contributed by atoms with van der Waals surface area (Å²) in [7, 11) is 0. The molecule has 0 aromatic heterocycles. The summed E-state index contributed by atoms with van der Waals surface area (Å²) in [6, 6.07) is 13.3. The normalized spacial score (nSPS) is 19.0. The third kappa shape index (κ3) is 4.04. The lowest BCUT2D eigenvalue weighted by molar-refractivity contribution is -0.384. The van der Waals surface area contributed by atoms with Gasteiger partial charge in [0.15, 0.2) is 5.78 Å². The van der Waals surface area contributed by atoms with E-state index in [-0.39, 0.29) is 29.0 Å². The Labute approximate surface area is 174 Å². The van der Waals surface area contributed by atoms with Crippen molar-refractivity contribution in [1.29, 1.82) is 0 Å². The first-order valence-electron chi connectivity index (χ1n) is 10.1. The maximum atomic E-state index is 12.7. The van der Waals surface area contributed by atoms with Crippen molar-refractivity contribution in [3.63, 3.8) is 0 Å². The molecule has 0 radical (unpaired) electrons. The Hall–Kier alpha value is -3.26. The highest BCUT2D eigenvalue weighted by atomic mass is 16.6. The van der Waals surface area contributed by atoms with Crippen molar-refractivity contribution in [2.24, 2.45) is 0 Å². The molecule has 0 spiro atoms. The Morgan fingerprint density at radius 1 is 1.00 bits per heavy atom. The molecular weight excluding hydrogens is 386 g/mol. The van der Waals surface area contributed by atoms with E-state index in [0.717, 1.165) is 12.8 Å². The van der Waals surface area contributed by atoms with Crippen LogP contribution in [-0.4, -0.2) is 60.4 Å². The molecule has 2 heterocycles. The highest BCUT2D eigenvalue weighted by Gasteiger charge is 2.32. The van der Waals surface area contributed by atoms with E-state index in [1.165, 1.54) is 6.07 Å². The molecule has 2 saturated heterocycles. The van der Waals surface area contributed by atoms with Crippen LogP contribution in [0.5, 0.6) is 0 Å². The van der Waals surface area contributed by atoms with Gasteiger partial charge in [-0.1, -0.05) is 30.3 Å². The summed E-state index contributed by atoms with van der Waals surface area (Å²) in [5.41, 5.74) is 1.13. The Bertz CT molecular complexity index is 949.